The third-order valence-corrected chi connectivity index (χ3v) is 2.18. The van der Waals surface area contributed by atoms with E-state index in [1.54, 1.807) is 11.1 Å². The van der Waals surface area contributed by atoms with Crippen LogP contribution >= 0.6 is 0 Å². The number of rotatable bonds is 0. The Balaban J connectivity index is 2.44. The van der Waals surface area contributed by atoms with Crippen molar-refractivity contribution < 1.29 is 9.53 Å². The highest BCUT2D eigenvalue weighted by Crippen LogP contribution is 2.29. The maximum absolute atomic E-state index is 11.3. The highest BCUT2D eigenvalue weighted by atomic mass is 16.5. The van der Waals surface area contributed by atoms with E-state index in [1.165, 1.54) is 6.92 Å². The number of amides is 1. The maximum atomic E-state index is 11.3. The summed E-state index contributed by atoms with van der Waals surface area (Å²) in [6, 6.07) is 1.90. The second-order valence-corrected chi connectivity index (χ2v) is 3.35. The molecule has 14 heavy (non-hydrogen) atoms. The van der Waals surface area contributed by atoms with Crippen molar-refractivity contribution >= 4 is 11.7 Å². The van der Waals surface area contributed by atoms with E-state index in [0.717, 1.165) is 5.56 Å². The van der Waals surface area contributed by atoms with Gasteiger partial charge in [-0.1, -0.05) is 0 Å². The zero-order chi connectivity index (χ0) is 10.1. The van der Waals surface area contributed by atoms with E-state index in [9.17, 15) is 4.79 Å². The van der Waals surface area contributed by atoms with Crippen molar-refractivity contribution in [3.8, 4) is 5.75 Å². The Morgan fingerprint density at radius 2 is 2.43 bits per heavy atom. The molecular weight excluding hydrogens is 180 g/mol. The van der Waals surface area contributed by atoms with E-state index in [2.05, 4.69) is 4.98 Å². The van der Waals surface area contributed by atoms with Crippen molar-refractivity contribution in [3.63, 3.8) is 0 Å². The van der Waals surface area contributed by atoms with E-state index >= 15 is 0 Å². The van der Waals surface area contributed by atoms with Crippen LogP contribution in [0.15, 0.2) is 12.3 Å². The molecule has 0 aromatic carbocycles. The van der Waals surface area contributed by atoms with Gasteiger partial charge in [-0.15, -0.1) is 0 Å². The molecule has 1 aromatic heterocycles. The molecule has 4 heteroatoms. The predicted molar refractivity (Wildman–Crippen MR) is 52.5 cm³/mol. The summed E-state index contributed by atoms with van der Waals surface area (Å²) in [5, 5.41) is 0. The van der Waals surface area contributed by atoms with Gasteiger partial charge in [-0.05, 0) is 18.6 Å². The van der Waals surface area contributed by atoms with Gasteiger partial charge in [0.05, 0.1) is 6.54 Å². The summed E-state index contributed by atoms with van der Waals surface area (Å²) in [4.78, 5) is 17.1. The van der Waals surface area contributed by atoms with Gasteiger partial charge in [-0.2, -0.15) is 0 Å². The Morgan fingerprint density at radius 3 is 3.14 bits per heavy atom. The molecule has 0 bridgehead atoms. The molecule has 4 nitrogen and oxygen atoms in total. The number of carbonyl (C=O) groups is 1. The molecule has 0 unspecified atom stereocenters. The molecule has 1 aliphatic heterocycles. The van der Waals surface area contributed by atoms with Crippen LogP contribution in [0.3, 0.4) is 0 Å². The predicted octanol–water partition coefficient (Wildman–Crippen LogP) is 1.14. The summed E-state index contributed by atoms with van der Waals surface area (Å²) >= 11 is 0. The van der Waals surface area contributed by atoms with Crippen LogP contribution in [0, 0.1) is 6.92 Å². The van der Waals surface area contributed by atoms with Gasteiger partial charge in [0.25, 0.3) is 0 Å². The maximum Gasteiger partial charge on any atom is 0.225 e. The van der Waals surface area contributed by atoms with Crippen LogP contribution in [0.25, 0.3) is 0 Å². The number of fused-ring (bicyclic) bond motifs is 1. The van der Waals surface area contributed by atoms with Crippen LogP contribution in [-0.2, 0) is 4.79 Å². The van der Waals surface area contributed by atoms with Crippen molar-refractivity contribution in [1.29, 1.82) is 0 Å². The molecule has 2 rings (SSSR count). The topological polar surface area (TPSA) is 42.4 Å². The molecule has 0 aliphatic carbocycles. The van der Waals surface area contributed by atoms with Crippen LogP contribution in [-0.4, -0.2) is 24.0 Å². The SMILES string of the molecule is CC(=O)N1CCOc2cc(C)cnc21. The van der Waals surface area contributed by atoms with Crippen LogP contribution in [0.2, 0.25) is 0 Å². The minimum absolute atomic E-state index is 0.00547. The minimum atomic E-state index is 0.00547. The first-order valence-electron chi connectivity index (χ1n) is 4.56. The van der Waals surface area contributed by atoms with Gasteiger partial charge in [-0.3, -0.25) is 9.69 Å². The summed E-state index contributed by atoms with van der Waals surface area (Å²) in [7, 11) is 0. The first kappa shape index (κ1) is 8.99. The number of aromatic nitrogens is 1. The fourth-order valence-corrected chi connectivity index (χ4v) is 1.50. The first-order chi connectivity index (χ1) is 6.68. The zero-order valence-corrected chi connectivity index (χ0v) is 8.28. The van der Waals surface area contributed by atoms with Crippen LogP contribution in [0.5, 0.6) is 5.75 Å². The van der Waals surface area contributed by atoms with Gasteiger partial charge in [-0.25, -0.2) is 4.98 Å². The Morgan fingerprint density at radius 1 is 1.64 bits per heavy atom. The standard InChI is InChI=1S/C10H12N2O2/c1-7-5-9-10(11-6-7)12(8(2)13)3-4-14-9/h5-6H,3-4H2,1-2H3. The van der Waals surface area contributed by atoms with Crippen molar-refractivity contribution in [2.45, 2.75) is 13.8 Å². The molecule has 1 aromatic rings. The van der Waals surface area contributed by atoms with Gasteiger partial charge in [0.2, 0.25) is 5.91 Å². The lowest BCUT2D eigenvalue weighted by atomic mass is 10.2. The Kier molecular flexibility index (Phi) is 2.11. The number of nitrogens with zero attached hydrogens (tertiary/aromatic N) is 2. The molecule has 0 saturated carbocycles. The lowest BCUT2D eigenvalue weighted by Crippen LogP contribution is -2.37. The summed E-state index contributed by atoms with van der Waals surface area (Å²) in [6.07, 6.45) is 1.74. The van der Waals surface area contributed by atoms with Crippen LogP contribution < -0.4 is 9.64 Å². The summed E-state index contributed by atoms with van der Waals surface area (Å²) in [6.45, 7) is 4.61. The summed E-state index contributed by atoms with van der Waals surface area (Å²) in [5.41, 5.74) is 1.04. The molecule has 74 valence electrons. The van der Waals surface area contributed by atoms with E-state index in [-0.39, 0.29) is 5.91 Å². The molecule has 0 fully saturated rings. The Bertz CT molecular complexity index is 376. The number of carbonyl (C=O) groups excluding carboxylic acids is 1. The molecule has 2 heterocycles. The Hall–Kier alpha value is -1.58. The number of anilines is 1. The van der Waals surface area contributed by atoms with Gasteiger partial charge in [0, 0.05) is 13.1 Å². The quantitative estimate of drug-likeness (QED) is 0.619. The normalized spacial score (nSPS) is 14.6. The van der Waals surface area contributed by atoms with Crippen molar-refractivity contribution in [3.05, 3.63) is 17.8 Å². The fraction of sp³-hybridized carbons (Fsp3) is 0.400. The smallest absolute Gasteiger partial charge is 0.225 e. The second kappa shape index (κ2) is 3.29. The van der Waals surface area contributed by atoms with Crippen LogP contribution in [0.1, 0.15) is 12.5 Å². The largest absolute Gasteiger partial charge is 0.488 e. The highest BCUT2D eigenvalue weighted by Gasteiger charge is 2.22. The first-order valence-corrected chi connectivity index (χ1v) is 4.56. The van der Waals surface area contributed by atoms with Gasteiger partial charge in [0.1, 0.15) is 6.61 Å². The average molecular weight is 192 g/mol. The number of aryl methyl sites for hydroxylation is 1. The lowest BCUT2D eigenvalue weighted by Gasteiger charge is -2.27. The average Bonchev–Trinajstić information content (AvgIpc) is 2.16. The van der Waals surface area contributed by atoms with Gasteiger partial charge < -0.3 is 4.74 Å². The van der Waals surface area contributed by atoms with Crippen molar-refractivity contribution in [2.75, 3.05) is 18.1 Å². The monoisotopic (exact) mass is 192 g/mol. The van der Waals surface area contributed by atoms with Gasteiger partial charge >= 0.3 is 0 Å². The van der Waals surface area contributed by atoms with E-state index in [1.807, 2.05) is 13.0 Å². The number of hydrogen-bond donors (Lipinski definition) is 0. The molecule has 0 saturated heterocycles. The van der Waals surface area contributed by atoms with E-state index < -0.39 is 0 Å². The zero-order valence-electron chi connectivity index (χ0n) is 8.28. The lowest BCUT2D eigenvalue weighted by molar-refractivity contribution is -0.116. The van der Waals surface area contributed by atoms with Crippen molar-refractivity contribution in [1.82, 2.24) is 4.98 Å². The van der Waals surface area contributed by atoms with E-state index in [4.69, 9.17) is 4.74 Å². The highest BCUT2D eigenvalue weighted by molar-refractivity contribution is 5.92. The van der Waals surface area contributed by atoms with Gasteiger partial charge in [0.15, 0.2) is 11.6 Å². The molecule has 1 aliphatic rings. The number of ether oxygens (including phenoxy) is 1. The molecule has 0 spiro atoms. The third kappa shape index (κ3) is 1.43. The molecular formula is C10H12N2O2. The number of hydrogen-bond acceptors (Lipinski definition) is 3. The second-order valence-electron chi connectivity index (χ2n) is 3.35. The van der Waals surface area contributed by atoms with Crippen LogP contribution in [0.4, 0.5) is 5.82 Å². The molecule has 0 N–H and O–H groups in total. The van der Waals surface area contributed by atoms with Crippen molar-refractivity contribution in [2.24, 2.45) is 0 Å². The fourth-order valence-electron chi connectivity index (χ4n) is 1.50. The third-order valence-electron chi connectivity index (χ3n) is 2.18. The molecule has 0 atom stereocenters. The molecule has 0 radical (unpaired) electrons. The Labute approximate surface area is 82.5 Å². The van der Waals surface area contributed by atoms with E-state index in [0.29, 0.717) is 24.7 Å². The summed E-state index contributed by atoms with van der Waals surface area (Å²) in [5.74, 6) is 1.34. The minimum Gasteiger partial charge on any atom is -0.488 e. The number of pyridine rings is 1. The summed E-state index contributed by atoms with van der Waals surface area (Å²) < 4.78 is 5.43. The molecule has 1 amide bonds.